The minimum atomic E-state index is -1.52. The van der Waals surface area contributed by atoms with E-state index in [2.05, 4.69) is 10.6 Å². The summed E-state index contributed by atoms with van der Waals surface area (Å²) >= 11 is 6.60. The van der Waals surface area contributed by atoms with Crippen molar-refractivity contribution >= 4 is 29.2 Å². The first-order valence-electron chi connectivity index (χ1n) is 10.5. The van der Waals surface area contributed by atoms with E-state index in [9.17, 15) is 14.0 Å². The molecule has 2 aliphatic heterocycles. The first kappa shape index (κ1) is 20.3. The Balaban J connectivity index is 1.57. The van der Waals surface area contributed by atoms with Crippen molar-refractivity contribution in [2.45, 2.75) is 43.9 Å². The highest BCUT2D eigenvalue weighted by Gasteiger charge is 2.46. The van der Waals surface area contributed by atoms with Crippen molar-refractivity contribution in [3.63, 3.8) is 0 Å². The summed E-state index contributed by atoms with van der Waals surface area (Å²) in [6, 6.07) is 8.32. The van der Waals surface area contributed by atoms with Gasteiger partial charge in [0.15, 0.2) is 0 Å². The number of rotatable bonds is 2. The van der Waals surface area contributed by atoms with Crippen molar-refractivity contribution in [2.75, 3.05) is 18.4 Å². The number of nitrogens with one attached hydrogen (secondary N) is 2. The summed E-state index contributed by atoms with van der Waals surface area (Å²) in [6.45, 7) is 0.773. The number of hydrogen-bond acceptors (Lipinski definition) is 6. The largest absolute Gasteiger partial charge is 0.416 e. The second-order valence-electron chi connectivity index (χ2n) is 8.16. The maximum Gasteiger partial charge on any atom is 0.309 e. The van der Waals surface area contributed by atoms with Gasteiger partial charge in [0, 0.05) is 5.56 Å². The summed E-state index contributed by atoms with van der Waals surface area (Å²) in [6.07, 6.45) is 2.18. The van der Waals surface area contributed by atoms with Gasteiger partial charge in [0.25, 0.3) is 5.79 Å². The van der Waals surface area contributed by atoms with E-state index >= 15 is 0 Å². The van der Waals surface area contributed by atoms with Gasteiger partial charge >= 0.3 is 11.9 Å². The average Bonchev–Trinajstić information content (AvgIpc) is 2.95. The zero-order valence-electron chi connectivity index (χ0n) is 16.8. The zero-order chi connectivity index (χ0) is 21.6. The van der Waals surface area contributed by atoms with Crippen molar-refractivity contribution < 1.29 is 23.5 Å². The van der Waals surface area contributed by atoms with Crippen molar-refractivity contribution in [1.29, 1.82) is 0 Å². The molecule has 1 saturated heterocycles. The molecule has 1 aliphatic carbocycles. The van der Waals surface area contributed by atoms with Gasteiger partial charge in [0.05, 0.1) is 36.1 Å². The monoisotopic (exact) mass is 444 g/mol. The lowest BCUT2D eigenvalue weighted by molar-refractivity contribution is -0.225. The van der Waals surface area contributed by atoms with Crippen LogP contribution >= 0.6 is 11.6 Å². The quantitative estimate of drug-likeness (QED) is 0.687. The molecule has 31 heavy (non-hydrogen) atoms. The van der Waals surface area contributed by atoms with Crippen LogP contribution in [0.25, 0.3) is 0 Å². The summed E-state index contributed by atoms with van der Waals surface area (Å²) in [5.41, 5.74) is 4.21. The molecule has 1 fully saturated rings. The molecule has 2 aromatic rings. The van der Waals surface area contributed by atoms with Crippen molar-refractivity contribution in [3.05, 3.63) is 63.4 Å². The third-order valence-electron chi connectivity index (χ3n) is 6.17. The smallest absolute Gasteiger partial charge is 0.309 e. The topological polar surface area (TPSA) is 76.7 Å². The molecule has 2 N–H and O–H groups in total. The molecule has 0 aromatic heterocycles. The number of carbonyl (C=O) groups excluding carboxylic acids is 2. The van der Waals surface area contributed by atoms with E-state index in [0.717, 1.165) is 35.2 Å². The van der Waals surface area contributed by atoms with Gasteiger partial charge in [-0.2, -0.15) is 0 Å². The fraction of sp³-hybridized carbons (Fsp3) is 0.391. The summed E-state index contributed by atoms with van der Waals surface area (Å²) in [7, 11) is 0. The summed E-state index contributed by atoms with van der Waals surface area (Å²) in [5.74, 6) is -2.71. The molecule has 3 aliphatic rings. The standard InChI is InChI=1S/C23H22ClFN2O4/c24-18-5-4-17-16(9-10-26-12-23(17)30-20(28)7-8-21(29)31-23)22(18)27-19-6-1-13-11-14(25)2-3-15(13)19/h2-5,11,19,26-27H,1,6-10,12H2. The van der Waals surface area contributed by atoms with Gasteiger partial charge in [0.1, 0.15) is 5.82 Å². The van der Waals surface area contributed by atoms with Crippen LogP contribution in [0.3, 0.4) is 0 Å². The summed E-state index contributed by atoms with van der Waals surface area (Å²) in [4.78, 5) is 24.5. The van der Waals surface area contributed by atoms with Crippen LogP contribution in [0.1, 0.15) is 47.6 Å². The number of hydrogen-bond donors (Lipinski definition) is 2. The zero-order valence-corrected chi connectivity index (χ0v) is 17.6. The van der Waals surface area contributed by atoms with E-state index in [1.807, 2.05) is 6.07 Å². The molecular weight excluding hydrogens is 423 g/mol. The molecule has 1 atom stereocenters. The number of aryl methyl sites for hydroxylation is 1. The number of carbonyl (C=O) groups is 2. The number of fused-ring (bicyclic) bond motifs is 3. The molecule has 1 spiro atoms. The number of anilines is 1. The SMILES string of the molecule is O=C1CCC(=O)OC2(CNCCc3c2ccc(Cl)c3NC2CCc3cc(F)ccc32)O1. The maximum absolute atomic E-state index is 13.6. The lowest BCUT2D eigenvalue weighted by Gasteiger charge is -2.32. The van der Waals surface area contributed by atoms with Gasteiger partial charge in [-0.05, 0) is 66.8 Å². The number of benzene rings is 2. The lowest BCUT2D eigenvalue weighted by atomic mass is 9.95. The third-order valence-corrected chi connectivity index (χ3v) is 6.49. The van der Waals surface area contributed by atoms with E-state index in [4.69, 9.17) is 21.1 Å². The maximum atomic E-state index is 13.6. The molecule has 162 valence electrons. The number of halogens is 2. The van der Waals surface area contributed by atoms with Crippen LogP contribution in [0.4, 0.5) is 10.1 Å². The van der Waals surface area contributed by atoms with Crippen molar-refractivity contribution in [1.82, 2.24) is 5.32 Å². The Bertz CT molecular complexity index is 1060. The normalized spacial score (nSPS) is 22.1. The average molecular weight is 445 g/mol. The molecule has 6 nitrogen and oxygen atoms in total. The predicted octanol–water partition coefficient (Wildman–Crippen LogP) is 3.76. The van der Waals surface area contributed by atoms with E-state index in [1.165, 1.54) is 6.07 Å². The molecule has 0 saturated carbocycles. The van der Waals surface area contributed by atoms with Crippen LogP contribution in [0.2, 0.25) is 5.02 Å². The van der Waals surface area contributed by atoms with Gasteiger partial charge in [-0.1, -0.05) is 17.7 Å². The van der Waals surface area contributed by atoms with Gasteiger partial charge in [-0.15, -0.1) is 0 Å². The lowest BCUT2D eigenvalue weighted by Crippen LogP contribution is -2.43. The second-order valence-corrected chi connectivity index (χ2v) is 8.56. The molecular formula is C23H22ClFN2O4. The first-order valence-corrected chi connectivity index (χ1v) is 10.8. The van der Waals surface area contributed by atoms with Crippen LogP contribution in [-0.2, 0) is 37.7 Å². The third kappa shape index (κ3) is 3.66. The Morgan fingerprint density at radius 2 is 1.84 bits per heavy atom. The molecule has 5 rings (SSSR count). The van der Waals surface area contributed by atoms with E-state index < -0.39 is 17.7 Å². The Labute approximate surface area is 184 Å². The van der Waals surface area contributed by atoms with Crippen LogP contribution in [0.5, 0.6) is 0 Å². The molecule has 1 unspecified atom stereocenters. The Hall–Kier alpha value is -2.64. The highest BCUT2D eigenvalue weighted by Crippen LogP contribution is 2.43. The van der Waals surface area contributed by atoms with Gasteiger partial charge in [0.2, 0.25) is 0 Å². The molecule has 8 heteroatoms. The minimum Gasteiger partial charge on any atom is -0.416 e. The second kappa shape index (κ2) is 7.80. The first-order chi connectivity index (χ1) is 14.9. The van der Waals surface area contributed by atoms with Crippen LogP contribution < -0.4 is 10.6 Å². The Morgan fingerprint density at radius 1 is 1.06 bits per heavy atom. The molecule has 0 radical (unpaired) electrons. The number of ether oxygens (including phenoxy) is 2. The number of esters is 2. The van der Waals surface area contributed by atoms with Crippen LogP contribution in [0.15, 0.2) is 30.3 Å². The fourth-order valence-corrected chi connectivity index (χ4v) is 4.97. The van der Waals surface area contributed by atoms with Gasteiger partial charge < -0.3 is 20.1 Å². The fourth-order valence-electron chi connectivity index (χ4n) is 4.74. The molecule has 0 amide bonds. The van der Waals surface area contributed by atoms with E-state index in [0.29, 0.717) is 23.6 Å². The van der Waals surface area contributed by atoms with Crippen molar-refractivity contribution in [2.24, 2.45) is 0 Å². The highest BCUT2D eigenvalue weighted by atomic mass is 35.5. The summed E-state index contributed by atoms with van der Waals surface area (Å²) in [5, 5.41) is 7.28. The molecule has 0 bridgehead atoms. The van der Waals surface area contributed by atoms with Crippen LogP contribution in [0, 0.1) is 5.82 Å². The van der Waals surface area contributed by atoms with Gasteiger partial charge in [-0.3, -0.25) is 9.59 Å². The Kier molecular flexibility index (Phi) is 5.10. The summed E-state index contributed by atoms with van der Waals surface area (Å²) < 4.78 is 25.0. The molecule has 2 aromatic carbocycles. The highest BCUT2D eigenvalue weighted by molar-refractivity contribution is 6.33. The predicted molar refractivity (Wildman–Crippen MR) is 112 cm³/mol. The minimum absolute atomic E-state index is 0.00989. The van der Waals surface area contributed by atoms with Gasteiger partial charge in [-0.25, -0.2) is 4.39 Å². The van der Waals surface area contributed by atoms with Crippen LogP contribution in [-0.4, -0.2) is 25.0 Å². The Morgan fingerprint density at radius 3 is 2.61 bits per heavy atom. The molecule has 2 heterocycles. The van der Waals surface area contributed by atoms with E-state index in [-0.39, 0.29) is 31.2 Å². The van der Waals surface area contributed by atoms with E-state index in [1.54, 1.807) is 18.2 Å². The van der Waals surface area contributed by atoms with Crippen molar-refractivity contribution in [3.8, 4) is 0 Å².